The molecule has 0 heterocycles. The third-order valence-corrected chi connectivity index (χ3v) is 4.82. The first-order valence-electron chi connectivity index (χ1n) is 6.61. The molecule has 0 atom stereocenters. The van der Waals surface area contributed by atoms with Crippen molar-refractivity contribution in [2.75, 3.05) is 25.5 Å². The van der Waals surface area contributed by atoms with Crippen LogP contribution in [0.25, 0.3) is 0 Å². The number of nitrogens with two attached hydrogens (primary N) is 1. The molecule has 7 heteroatoms. The number of rotatable bonds is 8. The minimum atomic E-state index is -3.62. The molecule has 1 aliphatic rings. The van der Waals surface area contributed by atoms with Crippen LogP contribution < -0.4 is 10.5 Å². The van der Waals surface area contributed by atoms with Gasteiger partial charge in [-0.1, -0.05) is 11.6 Å². The number of nitrogen functional groups attached to an aromatic ring is 1. The smallest absolute Gasteiger partial charge is 0.242 e. The standard InChI is InChI=1S/C13H19ClN2O3S/c14-11-4-5-12(15)13(8-11)20(17,18)16-6-1-7-19-9-10-2-3-10/h4-5,8,10,16H,1-3,6-7,9,15H2. The van der Waals surface area contributed by atoms with E-state index in [9.17, 15) is 8.42 Å². The van der Waals surface area contributed by atoms with Gasteiger partial charge in [0.1, 0.15) is 4.90 Å². The summed E-state index contributed by atoms with van der Waals surface area (Å²) in [5, 5.41) is 0.340. The number of nitrogens with one attached hydrogen (secondary N) is 1. The lowest BCUT2D eigenvalue weighted by molar-refractivity contribution is 0.123. The topological polar surface area (TPSA) is 81.4 Å². The van der Waals surface area contributed by atoms with Gasteiger partial charge in [-0.25, -0.2) is 13.1 Å². The molecule has 112 valence electrons. The van der Waals surface area contributed by atoms with Gasteiger partial charge >= 0.3 is 0 Å². The van der Waals surface area contributed by atoms with Crippen molar-refractivity contribution in [2.24, 2.45) is 5.92 Å². The highest BCUT2D eigenvalue weighted by Crippen LogP contribution is 2.28. The van der Waals surface area contributed by atoms with E-state index in [1.54, 1.807) is 6.07 Å². The van der Waals surface area contributed by atoms with E-state index in [-0.39, 0.29) is 10.6 Å². The van der Waals surface area contributed by atoms with Gasteiger partial charge in [-0.15, -0.1) is 0 Å². The first-order valence-corrected chi connectivity index (χ1v) is 8.47. The summed E-state index contributed by atoms with van der Waals surface area (Å²) in [6.45, 7) is 1.66. The fraction of sp³-hybridized carbons (Fsp3) is 0.538. The first-order chi connectivity index (χ1) is 9.49. The molecule has 0 radical (unpaired) electrons. The highest BCUT2D eigenvalue weighted by atomic mass is 35.5. The van der Waals surface area contributed by atoms with Crippen LogP contribution in [0.2, 0.25) is 5.02 Å². The van der Waals surface area contributed by atoms with Gasteiger partial charge in [-0.2, -0.15) is 0 Å². The normalized spacial score (nSPS) is 15.4. The minimum absolute atomic E-state index is 0.0175. The van der Waals surface area contributed by atoms with E-state index >= 15 is 0 Å². The lowest BCUT2D eigenvalue weighted by Crippen LogP contribution is -2.26. The molecule has 1 aromatic rings. The second-order valence-electron chi connectivity index (χ2n) is 4.95. The number of ether oxygens (including phenoxy) is 1. The largest absolute Gasteiger partial charge is 0.398 e. The van der Waals surface area contributed by atoms with Crippen molar-refractivity contribution >= 4 is 27.3 Å². The Morgan fingerprint density at radius 3 is 2.85 bits per heavy atom. The van der Waals surface area contributed by atoms with Gasteiger partial charge < -0.3 is 10.5 Å². The van der Waals surface area contributed by atoms with E-state index in [4.69, 9.17) is 22.1 Å². The van der Waals surface area contributed by atoms with E-state index in [2.05, 4.69) is 4.72 Å². The highest BCUT2D eigenvalue weighted by Gasteiger charge is 2.21. The second-order valence-corrected chi connectivity index (χ2v) is 7.12. The van der Waals surface area contributed by atoms with Crippen molar-refractivity contribution in [2.45, 2.75) is 24.2 Å². The number of sulfonamides is 1. The zero-order valence-electron chi connectivity index (χ0n) is 11.1. The minimum Gasteiger partial charge on any atom is -0.398 e. The average molecular weight is 319 g/mol. The Morgan fingerprint density at radius 2 is 2.15 bits per heavy atom. The molecule has 0 aromatic heterocycles. The van der Waals surface area contributed by atoms with Gasteiger partial charge in [-0.05, 0) is 43.4 Å². The van der Waals surface area contributed by atoms with Crippen molar-refractivity contribution in [3.63, 3.8) is 0 Å². The van der Waals surface area contributed by atoms with Crippen LogP contribution in [0.5, 0.6) is 0 Å². The van der Waals surface area contributed by atoms with Gasteiger partial charge in [0.15, 0.2) is 0 Å². The van der Waals surface area contributed by atoms with E-state index in [1.165, 1.54) is 25.0 Å². The summed E-state index contributed by atoms with van der Waals surface area (Å²) in [6, 6.07) is 4.39. The molecule has 1 aromatic carbocycles. The Labute approximate surface area is 124 Å². The molecule has 0 aliphatic heterocycles. The monoisotopic (exact) mass is 318 g/mol. The molecule has 0 bridgehead atoms. The summed E-state index contributed by atoms with van der Waals surface area (Å²) in [4.78, 5) is 0.0175. The van der Waals surface area contributed by atoms with Crippen molar-refractivity contribution in [1.82, 2.24) is 4.72 Å². The van der Waals surface area contributed by atoms with Gasteiger partial charge in [0, 0.05) is 24.8 Å². The Morgan fingerprint density at radius 1 is 1.40 bits per heavy atom. The third kappa shape index (κ3) is 4.63. The van der Waals surface area contributed by atoms with Crippen LogP contribution >= 0.6 is 11.6 Å². The Kier molecular flexibility index (Phi) is 5.26. The fourth-order valence-corrected chi connectivity index (χ4v) is 3.20. The summed E-state index contributed by atoms with van der Waals surface area (Å²) in [6.07, 6.45) is 3.13. The van der Waals surface area contributed by atoms with E-state index in [1.807, 2.05) is 0 Å². The maximum Gasteiger partial charge on any atom is 0.242 e. The quantitative estimate of drug-likeness (QED) is 0.567. The molecule has 20 heavy (non-hydrogen) atoms. The van der Waals surface area contributed by atoms with Crippen LogP contribution in [0.3, 0.4) is 0 Å². The molecule has 1 aliphatic carbocycles. The zero-order valence-corrected chi connectivity index (χ0v) is 12.7. The van der Waals surface area contributed by atoms with Crippen molar-refractivity contribution < 1.29 is 13.2 Å². The molecule has 0 spiro atoms. The summed E-state index contributed by atoms with van der Waals surface area (Å²) in [7, 11) is -3.62. The molecular weight excluding hydrogens is 300 g/mol. The summed E-state index contributed by atoms with van der Waals surface area (Å²) >= 11 is 5.79. The van der Waals surface area contributed by atoms with Crippen LogP contribution in [0, 0.1) is 5.92 Å². The molecule has 0 saturated heterocycles. The molecule has 5 nitrogen and oxygen atoms in total. The molecule has 2 rings (SSSR count). The van der Waals surface area contributed by atoms with Gasteiger partial charge in [0.2, 0.25) is 10.0 Å². The predicted molar refractivity (Wildman–Crippen MR) is 79.2 cm³/mol. The Bertz CT molecular complexity index is 559. The number of hydrogen-bond donors (Lipinski definition) is 2. The highest BCUT2D eigenvalue weighted by molar-refractivity contribution is 7.89. The average Bonchev–Trinajstić information content (AvgIpc) is 3.20. The zero-order chi connectivity index (χ0) is 14.6. The maximum atomic E-state index is 12.1. The van der Waals surface area contributed by atoms with Crippen LogP contribution in [0.1, 0.15) is 19.3 Å². The molecule has 1 fully saturated rings. The Balaban J connectivity index is 1.79. The van der Waals surface area contributed by atoms with Crippen LogP contribution in [-0.4, -0.2) is 28.2 Å². The summed E-state index contributed by atoms with van der Waals surface area (Å²) < 4.78 is 32.1. The first kappa shape index (κ1) is 15.6. The van der Waals surface area contributed by atoms with Crippen LogP contribution in [0.15, 0.2) is 23.1 Å². The summed E-state index contributed by atoms with van der Waals surface area (Å²) in [5.74, 6) is 0.720. The van der Waals surface area contributed by atoms with E-state index < -0.39 is 10.0 Å². The number of benzene rings is 1. The van der Waals surface area contributed by atoms with Crippen molar-refractivity contribution in [3.8, 4) is 0 Å². The Hall–Kier alpha value is -0.820. The molecule has 0 amide bonds. The number of hydrogen-bond acceptors (Lipinski definition) is 4. The van der Waals surface area contributed by atoms with Crippen molar-refractivity contribution in [3.05, 3.63) is 23.2 Å². The maximum absolute atomic E-state index is 12.1. The molecule has 3 N–H and O–H groups in total. The van der Waals surface area contributed by atoms with E-state index in [0.717, 1.165) is 12.5 Å². The SMILES string of the molecule is Nc1ccc(Cl)cc1S(=O)(=O)NCCCOCC1CC1. The molecule has 1 saturated carbocycles. The second kappa shape index (κ2) is 6.76. The third-order valence-electron chi connectivity index (χ3n) is 3.07. The van der Waals surface area contributed by atoms with Gasteiger partial charge in [0.25, 0.3) is 0 Å². The molecular formula is C13H19ClN2O3S. The van der Waals surface area contributed by atoms with Crippen molar-refractivity contribution in [1.29, 1.82) is 0 Å². The molecule has 0 unspecified atom stereocenters. The van der Waals surface area contributed by atoms with Crippen LogP contribution in [-0.2, 0) is 14.8 Å². The predicted octanol–water partition coefficient (Wildman–Crippen LogP) is 2.02. The lowest BCUT2D eigenvalue weighted by atomic mass is 10.3. The number of halogens is 1. The lowest BCUT2D eigenvalue weighted by Gasteiger charge is -2.09. The fourth-order valence-electron chi connectivity index (χ4n) is 1.73. The van der Waals surface area contributed by atoms with Gasteiger partial charge in [-0.3, -0.25) is 0 Å². The van der Waals surface area contributed by atoms with Gasteiger partial charge in [0.05, 0.1) is 5.69 Å². The van der Waals surface area contributed by atoms with E-state index in [0.29, 0.717) is 24.6 Å². The van der Waals surface area contributed by atoms with Crippen LogP contribution in [0.4, 0.5) is 5.69 Å². The number of anilines is 1. The summed E-state index contributed by atoms with van der Waals surface area (Å²) in [5.41, 5.74) is 5.85.